The third-order valence-electron chi connectivity index (χ3n) is 5.45. The highest BCUT2D eigenvalue weighted by atomic mass is 80.0. The zero-order chi connectivity index (χ0) is 23.0. The number of hydrogen-bond acceptors (Lipinski definition) is 6. The molecule has 10 heteroatoms. The van der Waals surface area contributed by atoms with Crippen LogP contribution in [0.2, 0.25) is 0 Å². The normalized spacial score (nSPS) is 22.2. The molecule has 2 aromatic rings. The molecule has 1 fully saturated rings. The summed E-state index contributed by atoms with van der Waals surface area (Å²) in [7, 11) is -3.73. The van der Waals surface area contributed by atoms with Gasteiger partial charge in [-0.25, -0.2) is 4.98 Å². The minimum atomic E-state index is -3.73. The third kappa shape index (κ3) is 5.88. The van der Waals surface area contributed by atoms with Crippen LogP contribution in [0.4, 0.5) is 0 Å². The number of aromatic nitrogens is 1. The Labute approximate surface area is 207 Å². The maximum atomic E-state index is 11.9. The van der Waals surface area contributed by atoms with Crippen molar-refractivity contribution in [3.8, 4) is 17.7 Å². The van der Waals surface area contributed by atoms with E-state index in [4.69, 9.17) is 8.92 Å². The molecule has 0 aliphatic heterocycles. The van der Waals surface area contributed by atoms with Gasteiger partial charge in [0.05, 0.1) is 23.9 Å². The van der Waals surface area contributed by atoms with Crippen LogP contribution < -0.4 is 4.74 Å². The van der Waals surface area contributed by atoms with Gasteiger partial charge in [0.25, 0.3) is 10.1 Å². The van der Waals surface area contributed by atoms with E-state index in [1.807, 2.05) is 44.2 Å². The van der Waals surface area contributed by atoms with E-state index in [0.717, 1.165) is 6.26 Å². The van der Waals surface area contributed by atoms with Gasteiger partial charge in [0.2, 0.25) is 5.88 Å². The molecular formula is C21H21Br3N2O4S. The highest BCUT2D eigenvalue weighted by Crippen LogP contribution is 2.68. The fourth-order valence-corrected chi connectivity index (χ4v) is 6.19. The summed E-state index contributed by atoms with van der Waals surface area (Å²) >= 11 is 10.3. The Morgan fingerprint density at radius 2 is 1.74 bits per heavy atom. The molecule has 4 atom stereocenters. The summed E-state index contributed by atoms with van der Waals surface area (Å²) in [5.41, 5.74) is 0.202. The Morgan fingerprint density at radius 3 is 2.29 bits per heavy atom. The van der Waals surface area contributed by atoms with Crippen molar-refractivity contribution in [2.75, 3.05) is 6.26 Å². The van der Waals surface area contributed by atoms with Crippen LogP contribution in [0.5, 0.6) is 11.6 Å². The molecule has 3 rings (SSSR count). The Morgan fingerprint density at radius 1 is 1.10 bits per heavy atom. The molecule has 0 saturated heterocycles. The molecule has 1 aromatic heterocycles. The number of pyridine rings is 1. The minimum absolute atomic E-state index is 0.184. The number of halogens is 3. The van der Waals surface area contributed by atoms with Crippen molar-refractivity contribution in [2.24, 2.45) is 17.3 Å². The number of nitrogens with zero attached hydrogens (tertiary/aromatic N) is 2. The van der Waals surface area contributed by atoms with Crippen LogP contribution in [-0.4, -0.2) is 27.9 Å². The number of para-hydroxylation sites is 1. The molecule has 0 spiro atoms. The van der Waals surface area contributed by atoms with Crippen molar-refractivity contribution in [3.05, 3.63) is 54.2 Å². The quantitative estimate of drug-likeness (QED) is 0.276. The van der Waals surface area contributed by atoms with E-state index in [1.165, 1.54) is 0 Å². The average Bonchev–Trinajstić information content (AvgIpc) is 3.21. The lowest BCUT2D eigenvalue weighted by molar-refractivity contribution is 0.182. The van der Waals surface area contributed by atoms with E-state index < -0.39 is 24.3 Å². The molecule has 0 radical (unpaired) electrons. The third-order valence-corrected chi connectivity index (χ3v) is 7.36. The van der Waals surface area contributed by atoms with Gasteiger partial charge in [0.15, 0.2) is 2.14 Å². The van der Waals surface area contributed by atoms with E-state index >= 15 is 0 Å². The zero-order valence-electron chi connectivity index (χ0n) is 17.0. The smallest absolute Gasteiger partial charge is 0.264 e. The number of nitriles is 1. The van der Waals surface area contributed by atoms with Crippen LogP contribution in [0.25, 0.3) is 0 Å². The highest BCUT2D eigenvalue weighted by Gasteiger charge is 2.68. The molecule has 0 amide bonds. The second-order valence-electron chi connectivity index (χ2n) is 8.06. The Kier molecular flexibility index (Phi) is 7.24. The summed E-state index contributed by atoms with van der Waals surface area (Å²) in [5, 5.41) is 10.0. The molecule has 31 heavy (non-hydrogen) atoms. The van der Waals surface area contributed by atoms with Crippen LogP contribution in [0.3, 0.4) is 0 Å². The van der Waals surface area contributed by atoms with Crippen LogP contribution >= 0.6 is 47.8 Å². The fourth-order valence-electron chi connectivity index (χ4n) is 4.04. The standard InChI is InChI=1S/C21H21Br3N2O4S/c1-20(2)17(18(20)19(21(22,23)24)30-31(3,27)28)14(12-25)15-10-7-11-16(26-15)29-13-8-5-4-6-9-13/h4-11,14,17-19H,1-3H3/t14-,17-,18-,19-/m1/s1. The number of alkyl halides is 3. The first-order valence-corrected chi connectivity index (χ1v) is 13.6. The molecule has 6 nitrogen and oxygen atoms in total. The van der Waals surface area contributed by atoms with Crippen molar-refractivity contribution in [1.29, 1.82) is 5.26 Å². The summed E-state index contributed by atoms with van der Waals surface area (Å²) in [6.07, 6.45) is 0.221. The second-order valence-corrected chi connectivity index (χ2v) is 16.6. The summed E-state index contributed by atoms with van der Waals surface area (Å²) in [4.78, 5) is 4.56. The predicted octanol–water partition coefficient (Wildman–Crippen LogP) is 5.94. The van der Waals surface area contributed by atoms with Gasteiger partial charge in [-0.1, -0.05) is 85.9 Å². The predicted molar refractivity (Wildman–Crippen MR) is 129 cm³/mol. The van der Waals surface area contributed by atoms with Crippen LogP contribution in [-0.2, 0) is 14.3 Å². The molecule has 1 aliphatic carbocycles. The van der Waals surface area contributed by atoms with E-state index in [-0.39, 0.29) is 17.3 Å². The summed E-state index contributed by atoms with van der Waals surface area (Å²) in [6.45, 7) is 3.99. The monoisotopic (exact) mass is 634 g/mol. The van der Waals surface area contributed by atoms with Gasteiger partial charge in [-0.3, -0.25) is 4.18 Å². The molecule has 1 saturated carbocycles. The Bertz CT molecular complexity index is 1080. The molecule has 1 aliphatic rings. The first kappa shape index (κ1) is 24.6. The molecule has 0 unspecified atom stereocenters. The van der Waals surface area contributed by atoms with Crippen molar-refractivity contribution < 1.29 is 17.3 Å². The van der Waals surface area contributed by atoms with E-state index in [1.54, 1.807) is 18.2 Å². The molecule has 0 N–H and O–H groups in total. The van der Waals surface area contributed by atoms with Crippen LogP contribution in [0, 0.1) is 28.6 Å². The second kappa shape index (κ2) is 9.10. The topological polar surface area (TPSA) is 89.3 Å². The van der Waals surface area contributed by atoms with Crippen molar-refractivity contribution in [1.82, 2.24) is 4.98 Å². The van der Waals surface area contributed by atoms with E-state index in [9.17, 15) is 13.7 Å². The fraction of sp³-hybridized carbons (Fsp3) is 0.429. The van der Waals surface area contributed by atoms with Gasteiger partial charge >= 0.3 is 0 Å². The lowest BCUT2D eigenvalue weighted by atomic mass is 9.95. The van der Waals surface area contributed by atoms with E-state index in [0.29, 0.717) is 17.3 Å². The summed E-state index contributed by atoms with van der Waals surface area (Å²) in [6, 6.07) is 16.9. The van der Waals surface area contributed by atoms with Crippen molar-refractivity contribution in [2.45, 2.75) is 28.0 Å². The first-order chi connectivity index (χ1) is 14.3. The first-order valence-electron chi connectivity index (χ1n) is 9.39. The molecular weight excluding hydrogens is 616 g/mol. The Hall–Kier alpha value is -0.990. The van der Waals surface area contributed by atoms with Crippen LogP contribution in [0.1, 0.15) is 25.5 Å². The van der Waals surface area contributed by atoms with Crippen LogP contribution in [0.15, 0.2) is 48.5 Å². The average molecular weight is 637 g/mol. The van der Waals surface area contributed by atoms with E-state index in [2.05, 4.69) is 58.8 Å². The molecule has 1 heterocycles. The minimum Gasteiger partial charge on any atom is -0.439 e. The Balaban J connectivity index is 1.90. The summed E-state index contributed by atoms with van der Waals surface area (Å²) in [5.74, 6) is 0.0364. The maximum absolute atomic E-state index is 11.9. The summed E-state index contributed by atoms with van der Waals surface area (Å²) < 4.78 is 34.0. The number of hydrogen-bond donors (Lipinski definition) is 0. The van der Waals surface area contributed by atoms with Gasteiger partial charge in [0, 0.05) is 12.0 Å². The number of benzene rings is 1. The maximum Gasteiger partial charge on any atom is 0.264 e. The number of rotatable bonds is 7. The molecule has 1 aromatic carbocycles. The highest BCUT2D eigenvalue weighted by molar-refractivity contribution is 9.39. The van der Waals surface area contributed by atoms with Gasteiger partial charge in [0.1, 0.15) is 11.9 Å². The van der Waals surface area contributed by atoms with Gasteiger partial charge in [-0.05, 0) is 29.5 Å². The largest absolute Gasteiger partial charge is 0.439 e. The van der Waals surface area contributed by atoms with Gasteiger partial charge in [-0.2, -0.15) is 13.7 Å². The SMILES string of the molecule is CC1(C)[C@@H]([C@@H](OS(C)(=O)=O)C(Br)(Br)Br)[C@H]1[C@H](C#N)c1cccc(Oc2ccccc2)n1. The zero-order valence-corrected chi connectivity index (χ0v) is 22.6. The van der Waals surface area contributed by atoms with Gasteiger partial charge in [-0.15, -0.1) is 0 Å². The number of ether oxygens (including phenoxy) is 1. The van der Waals surface area contributed by atoms with Crippen molar-refractivity contribution >= 4 is 57.9 Å². The van der Waals surface area contributed by atoms with Crippen molar-refractivity contribution in [3.63, 3.8) is 0 Å². The lowest BCUT2D eigenvalue weighted by Gasteiger charge is -2.26. The van der Waals surface area contributed by atoms with Gasteiger partial charge < -0.3 is 4.74 Å². The molecule has 166 valence electrons. The lowest BCUT2D eigenvalue weighted by Crippen LogP contribution is -2.34. The molecule has 0 bridgehead atoms.